The molecule has 1 aliphatic heterocycles. The predicted molar refractivity (Wildman–Crippen MR) is 51.8 cm³/mol. The second kappa shape index (κ2) is 4.91. The lowest BCUT2D eigenvalue weighted by molar-refractivity contribution is 0.0213. The summed E-state index contributed by atoms with van der Waals surface area (Å²) in [6.45, 7) is 5.12. The van der Waals surface area contributed by atoms with Crippen LogP contribution in [0.1, 0.15) is 13.3 Å². The van der Waals surface area contributed by atoms with Crippen molar-refractivity contribution in [2.45, 2.75) is 25.0 Å². The molecule has 3 N–H and O–H groups in total. The second-order valence-corrected chi connectivity index (χ2v) is 3.98. The first-order valence-corrected chi connectivity index (χ1v) is 4.79. The average molecular weight is 188 g/mol. The van der Waals surface area contributed by atoms with Gasteiger partial charge in [0.15, 0.2) is 0 Å². The minimum absolute atomic E-state index is 0.536. The molecule has 0 aliphatic carbocycles. The zero-order valence-electron chi connectivity index (χ0n) is 8.47. The van der Waals surface area contributed by atoms with Gasteiger partial charge in [-0.25, -0.2) is 0 Å². The van der Waals surface area contributed by atoms with Crippen molar-refractivity contribution in [2.75, 3.05) is 33.4 Å². The lowest BCUT2D eigenvalue weighted by Gasteiger charge is -2.32. The molecule has 0 aromatic carbocycles. The number of ether oxygens (including phenoxy) is 1. The molecule has 0 radical (unpaired) electrons. The molecule has 1 fully saturated rings. The molecule has 1 saturated heterocycles. The van der Waals surface area contributed by atoms with Crippen molar-refractivity contribution in [3.63, 3.8) is 0 Å². The fourth-order valence-electron chi connectivity index (χ4n) is 1.21. The number of hydrogen-bond acceptors (Lipinski definition) is 4. The van der Waals surface area contributed by atoms with E-state index in [-0.39, 0.29) is 0 Å². The molecule has 0 amide bonds. The first-order valence-electron chi connectivity index (χ1n) is 4.79. The van der Waals surface area contributed by atoms with Gasteiger partial charge in [0.05, 0.1) is 5.60 Å². The Morgan fingerprint density at radius 3 is 2.77 bits per heavy atom. The molecular formula is C9H20N2O2. The van der Waals surface area contributed by atoms with Gasteiger partial charge in [-0.3, -0.25) is 0 Å². The summed E-state index contributed by atoms with van der Waals surface area (Å²) in [5.74, 6) is 0. The Morgan fingerprint density at radius 1 is 1.62 bits per heavy atom. The monoisotopic (exact) mass is 188 g/mol. The van der Waals surface area contributed by atoms with Crippen molar-refractivity contribution in [3.8, 4) is 0 Å². The summed E-state index contributed by atoms with van der Waals surface area (Å²) >= 11 is 0. The third kappa shape index (κ3) is 4.04. The van der Waals surface area contributed by atoms with Crippen LogP contribution in [0, 0.1) is 0 Å². The highest BCUT2D eigenvalue weighted by molar-refractivity contribution is 4.85. The smallest absolute Gasteiger partial charge is 0.0765 e. The van der Waals surface area contributed by atoms with Crippen LogP contribution in [-0.2, 0) is 4.74 Å². The van der Waals surface area contributed by atoms with Crippen LogP contribution >= 0.6 is 0 Å². The first-order chi connectivity index (χ1) is 6.14. The first kappa shape index (κ1) is 10.9. The van der Waals surface area contributed by atoms with Crippen LogP contribution in [0.3, 0.4) is 0 Å². The molecule has 0 spiro atoms. The summed E-state index contributed by atoms with van der Waals surface area (Å²) in [7, 11) is 1.65. The summed E-state index contributed by atoms with van der Waals surface area (Å²) < 4.78 is 4.92. The number of aliphatic hydroxyl groups is 1. The van der Waals surface area contributed by atoms with E-state index in [1.807, 2.05) is 6.92 Å². The van der Waals surface area contributed by atoms with Crippen LogP contribution in [0.5, 0.6) is 0 Å². The Bertz CT molecular complexity index is 147. The van der Waals surface area contributed by atoms with Crippen LogP contribution in [-0.4, -0.2) is 50.1 Å². The summed E-state index contributed by atoms with van der Waals surface area (Å²) in [4.78, 5) is 0. The third-order valence-electron chi connectivity index (χ3n) is 2.40. The van der Waals surface area contributed by atoms with Crippen molar-refractivity contribution in [2.24, 2.45) is 0 Å². The fraction of sp³-hybridized carbons (Fsp3) is 1.00. The minimum Gasteiger partial charge on any atom is -0.389 e. The lowest BCUT2D eigenvalue weighted by atomic mass is 10.0. The zero-order chi connectivity index (χ0) is 9.73. The minimum atomic E-state index is -0.647. The highest BCUT2D eigenvalue weighted by Gasteiger charge is 2.23. The summed E-state index contributed by atoms with van der Waals surface area (Å²) in [5.41, 5.74) is -0.647. The molecule has 0 aromatic heterocycles. The highest BCUT2D eigenvalue weighted by atomic mass is 16.5. The van der Waals surface area contributed by atoms with Crippen molar-refractivity contribution >= 4 is 0 Å². The molecule has 1 aliphatic rings. The van der Waals surface area contributed by atoms with Gasteiger partial charge in [0.2, 0.25) is 0 Å². The summed E-state index contributed by atoms with van der Waals surface area (Å²) in [6, 6.07) is 0.536. The van der Waals surface area contributed by atoms with Gasteiger partial charge in [0.1, 0.15) is 0 Å². The highest BCUT2D eigenvalue weighted by Crippen LogP contribution is 2.08. The lowest BCUT2D eigenvalue weighted by Crippen LogP contribution is -2.58. The molecule has 1 atom stereocenters. The molecule has 0 saturated carbocycles. The van der Waals surface area contributed by atoms with E-state index in [1.54, 1.807) is 7.11 Å². The fourth-order valence-corrected chi connectivity index (χ4v) is 1.21. The normalized spacial score (nSPS) is 22.4. The summed E-state index contributed by atoms with van der Waals surface area (Å²) in [5, 5.41) is 16.3. The van der Waals surface area contributed by atoms with E-state index in [0.717, 1.165) is 13.1 Å². The molecule has 0 bridgehead atoms. The van der Waals surface area contributed by atoms with Crippen molar-refractivity contribution < 1.29 is 9.84 Å². The van der Waals surface area contributed by atoms with Gasteiger partial charge in [-0.05, 0) is 6.92 Å². The van der Waals surface area contributed by atoms with Crippen molar-refractivity contribution in [1.82, 2.24) is 10.6 Å². The van der Waals surface area contributed by atoms with Gasteiger partial charge >= 0.3 is 0 Å². The molecule has 0 aromatic rings. The van der Waals surface area contributed by atoms with Crippen molar-refractivity contribution in [1.29, 1.82) is 0 Å². The van der Waals surface area contributed by atoms with Gasteiger partial charge < -0.3 is 20.5 Å². The Labute approximate surface area is 79.7 Å². The van der Waals surface area contributed by atoms with Gasteiger partial charge in [0.25, 0.3) is 0 Å². The van der Waals surface area contributed by atoms with Gasteiger partial charge in [-0.1, -0.05) is 0 Å². The molecule has 4 heteroatoms. The third-order valence-corrected chi connectivity index (χ3v) is 2.40. The van der Waals surface area contributed by atoms with Crippen LogP contribution in [0.25, 0.3) is 0 Å². The predicted octanol–water partition coefficient (Wildman–Crippen LogP) is -0.665. The number of methoxy groups -OCH3 is 1. The molecular weight excluding hydrogens is 168 g/mol. The van der Waals surface area contributed by atoms with Gasteiger partial charge in [0, 0.05) is 45.8 Å². The second-order valence-electron chi connectivity index (χ2n) is 3.98. The average Bonchev–Trinajstić information content (AvgIpc) is 1.98. The number of hydrogen-bond donors (Lipinski definition) is 3. The maximum atomic E-state index is 9.85. The van der Waals surface area contributed by atoms with E-state index >= 15 is 0 Å². The van der Waals surface area contributed by atoms with Crippen LogP contribution in [0.4, 0.5) is 0 Å². The summed E-state index contributed by atoms with van der Waals surface area (Å²) in [6.07, 6.45) is 0.677. The largest absolute Gasteiger partial charge is 0.389 e. The Morgan fingerprint density at radius 2 is 2.31 bits per heavy atom. The van der Waals surface area contributed by atoms with Crippen molar-refractivity contribution in [3.05, 3.63) is 0 Å². The maximum absolute atomic E-state index is 9.85. The van der Waals surface area contributed by atoms with Crippen LogP contribution < -0.4 is 10.6 Å². The Kier molecular flexibility index (Phi) is 4.12. The molecule has 78 valence electrons. The number of nitrogens with one attached hydrogen (secondary N) is 2. The van der Waals surface area contributed by atoms with E-state index in [2.05, 4.69) is 10.6 Å². The van der Waals surface area contributed by atoms with Crippen LogP contribution in [0.15, 0.2) is 0 Å². The molecule has 1 unspecified atom stereocenters. The topological polar surface area (TPSA) is 53.5 Å². The molecule has 1 rings (SSSR count). The van der Waals surface area contributed by atoms with E-state index in [4.69, 9.17) is 4.74 Å². The van der Waals surface area contributed by atoms with Gasteiger partial charge in [-0.15, -0.1) is 0 Å². The van der Waals surface area contributed by atoms with Gasteiger partial charge in [-0.2, -0.15) is 0 Å². The van der Waals surface area contributed by atoms with E-state index in [1.165, 1.54) is 0 Å². The van der Waals surface area contributed by atoms with E-state index < -0.39 is 5.60 Å². The maximum Gasteiger partial charge on any atom is 0.0765 e. The standard InChI is InChI=1S/C9H20N2O2/c1-9(12,3-4-13-2)7-11-8-5-10-6-8/h8,10-12H,3-7H2,1-2H3. The van der Waals surface area contributed by atoms with E-state index in [9.17, 15) is 5.11 Å². The quantitative estimate of drug-likeness (QED) is 0.518. The number of rotatable bonds is 6. The molecule has 1 heterocycles. The Balaban J connectivity index is 2.08. The molecule has 4 nitrogen and oxygen atoms in total. The Hall–Kier alpha value is -0.160. The molecule has 13 heavy (non-hydrogen) atoms. The SMILES string of the molecule is COCCC(C)(O)CNC1CNC1. The van der Waals surface area contributed by atoms with E-state index in [0.29, 0.717) is 25.6 Å². The van der Waals surface area contributed by atoms with Crippen LogP contribution in [0.2, 0.25) is 0 Å². The zero-order valence-corrected chi connectivity index (χ0v) is 8.47.